The topological polar surface area (TPSA) is 143 Å². The lowest BCUT2D eigenvalue weighted by Gasteiger charge is -2.27. The van der Waals surface area contributed by atoms with E-state index in [1.807, 2.05) is 61.7 Å². The van der Waals surface area contributed by atoms with Gasteiger partial charge in [-0.15, -0.1) is 11.3 Å². The van der Waals surface area contributed by atoms with Crippen LogP contribution in [-0.4, -0.2) is 51.7 Å². The fraction of sp³-hybridized carbons (Fsp3) is 0.303. The van der Waals surface area contributed by atoms with Crippen molar-refractivity contribution in [3.05, 3.63) is 89.1 Å². The predicted octanol–water partition coefficient (Wildman–Crippen LogP) is 5.54. The Morgan fingerprint density at radius 1 is 0.909 bits per heavy atom. The van der Waals surface area contributed by atoms with Crippen molar-refractivity contribution in [1.29, 1.82) is 0 Å². The van der Waals surface area contributed by atoms with Crippen molar-refractivity contribution in [3.63, 3.8) is 0 Å². The van der Waals surface area contributed by atoms with Crippen molar-refractivity contribution in [1.82, 2.24) is 20.6 Å². The number of ether oxygens (including phenoxy) is 1. The first kappa shape index (κ1) is 32.3. The number of carbonyl (C=O) groups excluding carboxylic acids is 3. The highest BCUT2D eigenvalue weighted by Gasteiger charge is 2.24. The van der Waals surface area contributed by atoms with Crippen LogP contribution in [0, 0.1) is 0 Å². The van der Waals surface area contributed by atoms with Gasteiger partial charge in [-0.25, -0.2) is 9.78 Å². The van der Waals surface area contributed by atoms with E-state index < -0.39 is 28.9 Å². The summed E-state index contributed by atoms with van der Waals surface area (Å²) in [5, 5.41) is 19.9. The van der Waals surface area contributed by atoms with Crippen LogP contribution < -0.4 is 16.0 Å². The van der Waals surface area contributed by atoms with E-state index in [9.17, 15) is 19.5 Å². The second-order valence-electron chi connectivity index (χ2n) is 11.9. The fourth-order valence-electron chi connectivity index (χ4n) is 4.28. The third-order valence-corrected chi connectivity index (χ3v) is 7.37. The van der Waals surface area contributed by atoms with E-state index >= 15 is 0 Å². The number of amides is 3. The maximum atomic E-state index is 12.9. The summed E-state index contributed by atoms with van der Waals surface area (Å²) < 4.78 is 5.32. The van der Waals surface area contributed by atoms with Crippen LogP contribution in [0.1, 0.15) is 56.2 Å². The van der Waals surface area contributed by atoms with Gasteiger partial charge < -0.3 is 25.8 Å². The highest BCUT2D eigenvalue weighted by molar-refractivity contribution is 7.14. The number of alkyl carbamates (subject to hydrolysis) is 1. The van der Waals surface area contributed by atoms with Crippen molar-refractivity contribution in [2.45, 2.75) is 52.2 Å². The molecule has 2 aromatic heterocycles. The molecule has 3 amide bonds. The third-order valence-electron chi connectivity index (χ3n) is 6.61. The number of nitrogens with zero attached hydrogens (tertiary/aromatic N) is 2. The van der Waals surface area contributed by atoms with Crippen LogP contribution in [0.25, 0.3) is 22.4 Å². The number of aliphatic hydroxyl groups is 1. The number of hydrogen-bond acceptors (Lipinski definition) is 8. The van der Waals surface area contributed by atoms with E-state index in [0.717, 1.165) is 22.3 Å². The first-order chi connectivity index (χ1) is 20.8. The quantitative estimate of drug-likeness (QED) is 0.184. The number of aliphatic hydroxyl groups excluding tert-OH is 1. The predicted molar refractivity (Wildman–Crippen MR) is 171 cm³/mol. The lowest BCUT2D eigenvalue weighted by molar-refractivity contribution is -0.115. The first-order valence-electron chi connectivity index (χ1n) is 14.1. The number of carbonyl (C=O) groups is 3. The number of hydrogen-bond donors (Lipinski definition) is 4. The maximum absolute atomic E-state index is 12.9. The Bertz CT molecular complexity index is 1640. The lowest BCUT2D eigenvalue weighted by Crippen LogP contribution is -2.40. The normalized spacial score (nSPS) is 11.5. The Hall–Kier alpha value is -4.61. The molecule has 2 heterocycles. The number of thiazole rings is 1. The molecule has 10 nitrogen and oxygen atoms in total. The zero-order valence-corrected chi connectivity index (χ0v) is 26.2. The minimum absolute atomic E-state index is 0.136. The average molecular weight is 616 g/mol. The molecule has 0 fully saturated rings. The first-order valence-corrected chi connectivity index (χ1v) is 15.0. The summed E-state index contributed by atoms with van der Waals surface area (Å²) in [6.45, 7) is 9.26. The van der Waals surface area contributed by atoms with Crippen molar-refractivity contribution >= 4 is 34.4 Å². The minimum Gasteiger partial charge on any atom is -0.444 e. The van der Waals surface area contributed by atoms with Gasteiger partial charge in [0.05, 0.1) is 24.5 Å². The van der Waals surface area contributed by atoms with Gasteiger partial charge in [0.25, 0.3) is 5.91 Å². The molecule has 0 saturated carbocycles. The number of rotatable bonds is 10. The highest BCUT2D eigenvalue weighted by Crippen LogP contribution is 2.29. The lowest BCUT2D eigenvalue weighted by atomic mass is 9.84. The maximum Gasteiger partial charge on any atom is 0.407 e. The molecule has 0 bridgehead atoms. The van der Waals surface area contributed by atoms with Crippen molar-refractivity contribution in [3.8, 4) is 22.4 Å². The van der Waals surface area contributed by atoms with Gasteiger partial charge in [0, 0.05) is 34.7 Å². The van der Waals surface area contributed by atoms with E-state index in [4.69, 9.17) is 4.74 Å². The smallest absolute Gasteiger partial charge is 0.407 e. The van der Waals surface area contributed by atoms with E-state index in [2.05, 4.69) is 25.9 Å². The Balaban J connectivity index is 1.32. The summed E-state index contributed by atoms with van der Waals surface area (Å²) in [5.74, 6) is -0.797. The van der Waals surface area contributed by atoms with Crippen LogP contribution in [0.2, 0.25) is 0 Å². The zero-order valence-electron chi connectivity index (χ0n) is 25.4. The van der Waals surface area contributed by atoms with Gasteiger partial charge in [-0.3, -0.25) is 14.6 Å². The average Bonchev–Trinajstić information content (AvgIpc) is 3.46. The summed E-state index contributed by atoms with van der Waals surface area (Å²) in [7, 11) is 0. The SMILES string of the molecule is CC(C)(C)OC(=O)NCC(C)(C)c1cccc(C(=O)NCC(=O)Nc2nc(-c3cccc(-c4ccnc(CO)c4)c3)cs2)c1. The van der Waals surface area contributed by atoms with Crippen molar-refractivity contribution in [2.24, 2.45) is 0 Å². The molecule has 4 rings (SSSR count). The Morgan fingerprint density at radius 2 is 1.64 bits per heavy atom. The van der Waals surface area contributed by atoms with Gasteiger partial charge >= 0.3 is 6.09 Å². The van der Waals surface area contributed by atoms with E-state index in [1.54, 1.807) is 45.2 Å². The number of aromatic nitrogens is 2. The molecule has 0 aliphatic rings. The highest BCUT2D eigenvalue weighted by atomic mass is 32.1. The van der Waals surface area contributed by atoms with Gasteiger partial charge in [-0.2, -0.15) is 0 Å². The molecule has 230 valence electrons. The number of pyridine rings is 1. The van der Waals surface area contributed by atoms with Crippen molar-refractivity contribution in [2.75, 3.05) is 18.4 Å². The number of nitrogens with one attached hydrogen (secondary N) is 3. The second-order valence-corrected chi connectivity index (χ2v) is 12.7. The molecule has 4 N–H and O–H groups in total. The molecule has 0 spiro atoms. The molecule has 0 aliphatic carbocycles. The van der Waals surface area contributed by atoms with E-state index in [-0.39, 0.29) is 13.2 Å². The third kappa shape index (κ3) is 8.95. The summed E-state index contributed by atoms with van der Waals surface area (Å²) in [4.78, 5) is 46.3. The van der Waals surface area contributed by atoms with Crippen LogP contribution in [0.5, 0.6) is 0 Å². The largest absolute Gasteiger partial charge is 0.444 e. The Labute approximate surface area is 260 Å². The summed E-state index contributed by atoms with van der Waals surface area (Å²) in [6.07, 6.45) is 1.15. The Morgan fingerprint density at radius 3 is 2.39 bits per heavy atom. The molecule has 0 saturated heterocycles. The fourth-order valence-corrected chi connectivity index (χ4v) is 5.02. The van der Waals surface area contributed by atoms with E-state index in [1.165, 1.54) is 11.3 Å². The van der Waals surface area contributed by atoms with Crippen LogP contribution in [-0.2, 0) is 21.6 Å². The standard InChI is InChI=1S/C33H37N5O5S/c1-32(2,3)43-31(42)36-20-33(4,5)25-11-7-10-24(15-25)29(41)35-17-28(40)38-30-37-27(19-44-30)23-9-6-8-21(14-23)22-12-13-34-26(16-22)18-39/h6-16,19,39H,17-18,20H2,1-5H3,(H,35,41)(H,36,42)(H,37,38,40). The molecule has 11 heteroatoms. The summed E-state index contributed by atoms with van der Waals surface area (Å²) in [5.41, 5.74) is 4.22. The Kier molecular flexibility index (Phi) is 10.1. The molecule has 44 heavy (non-hydrogen) atoms. The molecular formula is C33H37N5O5S. The molecule has 0 atom stereocenters. The summed E-state index contributed by atoms with van der Waals surface area (Å²) in [6, 6.07) is 18.6. The van der Waals surface area contributed by atoms with Crippen LogP contribution in [0.15, 0.2) is 72.2 Å². The second kappa shape index (κ2) is 13.8. The van der Waals surface area contributed by atoms with Crippen LogP contribution in [0.4, 0.5) is 9.93 Å². The van der Waals surface area contributed by atoms with Crippen LogP contribution >= 0.6 is 11.3 Å². The van der Waals surface area contributed by atoms with Crippen LogP contribution in [0.3, 0.4) is 0 Å². The van der Waals surface area contributed by atoms with Gasteiger partial charge in [0.1, 0.15) is 5.60 Å². The number of benzene rings is 2. The van der Waals surface area contributed by atoms with Gasteiger partial charge in [0.2, 0.25) is 5.91 Å². The molecule has 2 aromatic carbocycles. The van der Waals surface area contributed by atoms with Gasteiger partial charge in [0.15, 0.2) is 5.13 Å². The molecule has 4 aromatic rings. The number of anilines is 1. The van der Waals surface area contributed by atoms with Gasteiger partial charge in [-0.1, -0.05) is 44.2 Å². The molecule has 0 radical (unpaired) electrons. The van der Waals surface area contributed by atoms with Crippen molar-refractivity contribution < 1.29 is 24.2 Å². The van der Waals surface area contributed by atoms with E-state index in [0.29, 0.717) is 28.6 Å². The zero-order chi connectivity index (χ0) is 31.9. The molecule has 0 aliphatic heterocycles. The summed E-state index contributed by atoms with van der Waals surface area (Å²) >= 11 is 1.29. The minimum atomic E-state index is -0.598. The monoisotopic (exact) mass is 615 g/mol. The molecule has 0 unspecified atom stereocenters. The molecular weight excluding hydrogens is 578 g/mol. The van der Waals surface area contributed by atoms with Gasteiger partial charge in [-0.05, 0) is 67.8 Å².